The fraction of sp³-hybridized carbons (Fsp3) is 0.0714. The zero-order valence-electron chi connectivity index (χ0n) is 9.70. The van der Waals surface area contributed by atoms with Gasteiger partial charge in [-0.1, -0.05) is 12.1 Å². The number of halogens is 3. The predicted octanol–water partition coefficient (Wildman–Crippen LogP) is 5.21. The Hall–Kier alpha value is -0.400. The SMILES string of the molecule is O=Cc1cc(Br)c(OCc2ccc(I)cc2)c(Br)c1. The molecule has 0 heterocycles. The Balaban J connectivity index is 2.15. The number of rotatable bonds is 4. The highest BCUT2D eigenvalue weighted by Crippen LogP contribution is 2.34. The minimum atomic E-state index is 0.481. The quantitative estimate of drug-likeness (QED) is 0.430. The lowest BCUT2D eigenvalue weighted by Gasteiger charge is -2.11. The van der Waals surface area contributed by atoms with Crippen molar-refractivity contribution in [2.24, 2.45) is 0 Å². The van der Waals surface area contributed by atoms with Crippen LogP contribution in [0.15, 0.2) is 45.3 Å². The zero-order chi connectivity index (χ0) is 13.8. The molecule has 0 aliphatic heterocycles. The summed E-state index contributed by atoms with van der Waals surface area (Å²) >= 11 is 9.08. The van der Waals surface area contributed by atoms with E-state index in [1.165, 1.54) is 3.57 Å². The van der Waals surface area contributed by atoms with Gasteiger partial charge in [0, 0.05) is 9.13 Å². The van der Waals surface area contributed by atoms with Crippen molar-refractivity contribution >= 4 is 60.7 Å². The van der Waals surface area contributed by atoms with Crippen LogP contribution in [0.5, 0.6) is 5.75 Å². The first-order valence-corrected chi connectivity index (χ1v) is 8.08. The Morgan fingerprint density at radius 3 is 2.21 bits per heavy atom. The number of hydrogen-bond acceptors (Lipinski definition) is 2. The van der Waals surface area contributed by atoms with Crippen LogP contribution >= 0.6 is 54.5 Å². The number of aldehydes is 1. The molecule has 0 amide bonds. The summed E-state index contributed by atoms with van der Waals surface area (Å²) in [4.78, 5) is 10.8. The van der Waals surface area contributed by atoms with Gasteiger partial charge in [-0.25, -0.2) is 0 Å². The van der Waals surface area contributed by atoms with Crippen molar-refractivity contribution < 1.29 is 9.53 Å². The zero-order valence-corrected chi connectivity index (χ0v) is 15.0. The lowest BCUT2D eigenvalue weighted by molar-refractivity contribution is 0.112. The number of ether oxygens (including phenoxy) is 1. The summed E-state index contributed by atoms with van der Waals surface area (Å²) in [6.45, 7) is 0.481. The van der Waals surface area contributed by atoms with E-state index in [1.807, 2.05) is 24.3 Å². The van der Waals surface area contributed by atoms with E-state index in [4.69, 9.17) is 4.74 Å². The van der Waals surface area contributed by atoms with Gasteiger partial charge in [-0.15, -0.1) is 0 Å². The van der Waals surface area contributed by atoms with E-state index in [0.29, 0.717) is 17.9 Å². The summed E-state index contributed by atoms with van der Waals surface area (Å²) in [5.41, 5.74) is 1.69. The summed E-state index contributed by atoms with van der Waals surface area (Å²) in [7, 11) is 0. The van der Waals surface area contributed by atoms with Crippen LogP contribution in [0.25, 0.3) is 0 Å². The minimum absolute atomic E-state index is 0.481. The van der Waals surface area contributed by atoms with Crippen LogP contribution in [0.3, 0.4) is 0 Å². The van der Waals surface area contributed by atoms with Crippen molar-refractivity contribution in [1.29, 1.82) is 0 Å². The molecule has 0 N–H and O–H groups in total. The van der Waals surface area contributed by atoms with Gasteiger partial charge in [-0.05, 0) is 84.3 Å². The average molecular weight is 496 g/mol. The molecular weight excluding hydrogens is 487 g/mol. The van der Waals surface area contributed by atoms with Crippen LogP contribution in [-0.4, -0.2) is 6.29 Å². The normalized spacial score (nSPS) is 10.3. The largest absolute Gasteiger partial charge is 0.487 e. The lowest BCUT2D eigenvalue weighted by Crippen LogP contribution is -1.97. The second-order valence-corrected chi connectivity index (χ2v) is 6.80. The molecule has 0 bridgehead atoms. The molecular formula is C14H9Br2IO2. The summed E-state index contributed by atoms with van der Waals surface area (Å²) < 4.78 is 8.49. The van der Waals surface area contributed by atoms with Gasteiger partial charge in [-0.2, -0.15) is 0 Å². The average Bonchev–Trinajstić information content (AvgIpc) is 2.39. The number of carbonyl (C=O) groups excluding carboxylic acids is 1. The van der Waals surface area contributed by atoms with Crippen molar-refractivity contribution in [1.82, 2.24) is 0 Å². The number of carbonyl (C=O) groups is 1. The van der Waals surface area contributed by atoms with Gasteiger partial charge >= 0.3 is 0 Å². The van der Waals surface area contributed by atoms with Gasteiger partial charge in [0.2, 0.25) is 0 Å². The smallest absolute Gasteiger partial charge is 0.150 e. The fourth-order valence-electron chi connectivity index (χ4n) is 1.52. The summed E-state index contributed by atoms with van der Waals surface area (Å²) in [5.74, 6) is 0.698. The molecule has 2 rings (SSSR count). The standard InChI is InChI=1S/C14H9Br2IO2/c15-12-5-10(7-18)6-13(16)14(12)19-8-9-1-3-11(17)4-2-9/h1-7H,8H2. The highest BCUT2D eigenvalue weighted by Gasteiger charge is 2.09. The van der Waals surface area contributed by atoms with Crippen LogP contribution in [0.2, 0.25) is 0 Å². The minimum Gasteiger partial charge on any atom is -0.487 e. The molecule has 0 unspecified atom stereocenters. The van der Waals surface area contributed by atoms with Gasteiger partial charge < -0.3 is 4.74 Å². The number of hydrogen-bond donors (Lipinski definition) is 0. The van der Waals surface area contributed by atoms with Crippen molar-refractivity contribution in [3.8, 4) is 5.75 Å². The highest BCUT2D eigenvalue weighted by atomic mass is 127. The number of benzene rings is 2. The van der Waals surface area contributed by atoms with E-state index in [9.17, 15) is 4.79 Å². The fourth-order valence-corrected chi connectivity index (χ4v) is 3.33. The van der Waals surface area contributed by atoms with Crippen LogP contribution in [0.1, 0.15) is 15.9 Å². The van der Waals surface area contributed by atoms with E-state index in [2.05, 4.69) is 54.5 Å². The molecule has 2 nitrogen and oxygen atoms in total. The van der Waals surface area contributed by atoms with E-state index < -0.39 is 0 Å². The maximum Gasteiger partial charge on any atom is 0.150 e. The molecule has 2 aromatic rings. The van der Waals surface area contributed by atoms with E-state index in [-0.39, 0.29) is 0 Å². The van der Waals surface area contributed by atoms with Crippen molar-refractivity contribution in [2.75, 3.05) is 0 Å². The van der Waals surface area contributed by atoms with Crippen LogP contribution in [-0.2, 0) is 6.61 Å². The first kappa shape index (κ1) is 15.0. The Labute approximate surface area is 141 Å². The van der Waals surface area contributed by atoms with Crippen molar-refractivity contribution in [3.05, 3.63) is 60.0 Å². The van der Waals surface area contributed by atoms with Gasteiger partial charge in [0.1, 0.15) is 18.6 Å². The van der Waals surface area contributed by atoms with Gasteiger partial charge in [0.05, 0.1) is 8.95 Å². The molecule has 0 spiro atoms. The Morgan fingerprint density at radius 2 is 1.68 bits per heavy atom. The van der Waals surface area contributed by atoms with Crippen LogP contribution in [0, 0.1) is 3.57 Å². The molecule has 0 radical (unpaired) electrons. The molecule has 0 aliphatic rings. The summed E-state index contributed by atoms with van der Waals surface area (Å²) in [6, 6.07) is 11.6. The van der Waals surface area contributed by atoms with Crippen LogP contribution in [0.4, 0.5) is 0 Å². The molecule has 0 fully saturated rings. The van der Waals surface area contributed by atoms with E-state index in [1.54, 1.807) is 12.1 Å². The molecule has 0 atom stereocenters. The van der Waals surface area contributed by atoms with Gasteiger partial charge in [0.15, 0.2) is 0 Å². The maximum absolute atomic E-state index is 10.8. The lowest BCUT2D eigenvalue weighted by atomic mass is 10.2. The second kappa shape index (κ2) is 6.85. The Kier molecular flexibility index (Phi) is 5.41. The van der Waals surface area contributed by atoms with Crippen molar-refractivity contribution in [3.63, 3.8) is 0 Å². The first-order valence-electron chi connectivity index (χ1n) is 5.41. The molecule has 2 aromatic carbocycles. The monoisotopic (exact) mass is 494 g/mol. The third-order valence-electron chi connectivity index (χ3n) is 2.45. The third kappa shape index (κ3) is 4.03. The maximum atomic E-state index is 10.8. The van der Waals surface area contributed by atoms with E-state index >= 15 is 0 Å². The predicted molar refractivity (Wildman–Crippen MR) is 90.7 cm³/mol. The molecule has 0 saturated carbocycles. The van der Waals surface area contributed by atoms with Crippen LogP contribution < -0.4 is 4.74 Å². The first-order chi connectivity index (χ1) is 9.10. The van der Waals surface area contributed by atoms with Gasteiger partial charge in [-0.3, -0.25) is 4.79 Å². The second-order valence-electron chi connectivity index (χ2n) is 3.85. The third-order valence-corrected chi connectivity index (χ3v) is 4.35. The van der Waals surface area contributed by atoms with Gasteiger partial charge in [0.25, 0.3) is 0 Å². The van der Waals surface area contributed by atoms with E-state index in [0.717, 1.165) is 20.8 Å². The topological polar surface area (TPSA) is 26.3 Å². The summed E-state index contributed by atoms with van der Waals surface area (Å²) in [6.07, 6.45) is 0.804. The molecule has 0 saturated heterocycles. The van der Waals surface area contributed by atoms with Crippen molar-refractivity contribution in [2.45, 2.75) is 6.61 Å². The summed E-state index contributed by atoms with van der Waals surface area (Å²) in [5, 5.41) is 0. The molecule has 5 heteroatoms. The molecule has 0 aliphatic carbocycles. The Bertz CT molecular complexity index is 574. The molecule has 19 heavy (non-hydrogen) atoms. The molecule has 0 aromatic heterocycles. The highest BCUT2D eigenvalue weighted by molar-refractivity contribution is 14.1. The molecule has 98 valence electrons. The Morgan fingerprint density at radius 1 is 1.11 bits per heavy atom.